The number of benzene rings is 1. The number of hydrogen-bond donors (Lipinski definition) is 1. The Morgan fingerprint density at radius 2 is 2.15 bits per heavy atom. The summed E-state index contributed by atoms with van der Waals surface area (Å²) in [6.45, 7) is 2.70. The van der Waals surface area contributed by atoms with Crippen LogP contribution in [0.15, 0.2) is 30.0 Å². The Balaban J connectivity index is 2.19. The van der Waals surface area contributed by atoms with E-state index in [2.05, 4.69) is 5.32 Å². The number of hydrogen-bond acceptors (Lipinski definition) is 4. The Bertz CT molecular complexity index is 633. The molecule has 0 unspecified atom stereocenters. The van der Waals surface area contributed by atoms with E-state index in [1.807, 2.05) is 25.1 Å². The molecule has 1 aliphatic heterocycles. The molecule has 1 N–H and O–H groups in total. The van der Waals surface area contributed by atoms with Gasteiger partial charge in [-0.25, -0.2) is 0 Å². The first kappa shape index (κ1) is 13.6. The lowest BCUT2D eigenvalue weighted by atomic mass is 10.1. The van der Waals surface area contributed by atoms with E-state index in [0.717, 1.165) is 29.9 Å². The summed E-state index contributed by atoms with van der Waals surface area (Å²) in [4.78, 5) is 13.5. The van der Waals surface area contributed by atoms with Crippen LogP contribution in [0.25, 0.3) is 0 Å². The van der Waals surface area contributed by atoms with Gasteiger partial charge in [0.15, 0.2) is 0 Å². The second-order valence-electron chi connectivity index (χ2n) is 4.58. The molecule has 1 fully saturated rings. The zero-order valence-corrected chi connectivity index (χ0v) is 11.2. The second kappa shape index (κ2) is 5.90. The normalized spacial score (nSPS) is 13.6. The van der Waals surface area contributed by atoms with E-state index >= 15 is 0 Å². The maximum absolute atomic E-state index is 11.7. The molecule has 1 aromatic rings. The van der Waals surface area contributed by atoms with E-state index in [1.165, 1.54) is 6.20 Å². The van der Waals surface area contributed by atoms with Gasteiger partial charge >= 0.3 is 0 Å². The van der Waals surface area contributed by atoms with E-state index < -0.39 is 0 Å². The van der Waals surface area contributed by atoms with Gasteiger partial charge in [-0.2, -0.15) is 10.5 Å². The number of rotatable bonds is 3. The van der Waals surface area contributed by atoms with Crippen molar-refractivity contribution >= 4 is 17.3 Å². The first-order chi connectivity index (χ1) is 9.65. The predicted octanol–water partition coefficient (Wildman–Crippen LogP) is 2.46. The molecule has 0 aliphatic carbocycles. The number of anilines is 2. The van der Waals surface area contributed by atoms with Crippen LogP contribution in [0.2, 0.25) is 0 Å². The van der Waals surface area contributed by atoms with Gasteiger partial charge in [-0.1, -0.05) is 0 Å². The van der Waals surface area contributed by atoms with Crippen molar-refractivity contribution < 1.29 is 4.79 Å². The van der Waals surface area contributed by atoms with E-state index in [1.54, 1.807) is 17.0 Å². The van der Waals surface area contributed by atoms with Crippen LogP contribution < -0.4 is 10.2 Å². The number of nitrogens with one attached hydrogen (secondary N) is 1. The van der Waals surface area contributed by atoms with E-state index in [0.29, 0.717) is 6.42 Å². The molecule has 100 valence electrons. The molecule has 0 saturated carbocycles. The third-order valence-electron chi connectivity index (χ3n) is 3.19. The van der Waals surface area contributed by atoms with Gasteiger partial charge in [-0.3, -0.25) is 4.79 Å². The monoisotopic (exact) mass is 266 g/mol. The van der Waals surface area contributed by atoms with Gasteiger partial charge in [0.1, 0.15) is 17.7 Å². The maximum atomic E-state index is 11.7. The van der Waals surface area contributed by atoms with Crippen molar-refractivity contribution in [1.29, 1.82) is 10.5 Å². The molecule has 1 saturated heterocycles. The van der Waals surface area contributed by atoms with Crippen LogP contribution >= 0.6 is 0 Å². The molecular formula is C15H14N4O. The van der Waals surface area contributed by atoms with Gasteiger partial charge in [-0.15, -0.1) is 0 Å². The SMILES string of the molecule is Cc1cc(NC=C(C#N)C#N)ccc1N1CCCC1=O. The lowest BCUT2D eigenvalue weighted by Gasteiger charge is -2.19. The van der Waals surface area contributed by atoms with Crippen molar-refractivity contribution in [2.45, 2.75) is 19.8 Å². The van der Waals surface area contributed by atoms with Crippen molar-refractivity contribution in [1.82, 2.24) is 0 Å². The quantitative estimate of drug-likeness (QED) is 0.852. The molecule has 5 nitrogen and oxygen atoms in total. The minimum atomic E-state index is 0.0152. The first-order valence-electron chi connectivity index (χ1n) is 6.33. The Kier molecular flexibility index (Phi) is 4.02. The molecule has 0 aromatic heterocycles. The summed E-state index contributed by atoms with van der Waals surface area (Å²) in [6.07, 6.45) is 2.88. The van der Waals surface area contributed by atoms with Gasteiger partial charge in [0.2, 0.25) is 5.91 Å². The minimum absolute atomic E-state index is 0.0152. The lowest BCUT2D eigenvalue weighted by molar-refractivity contribution is -0.117. The molecule has 1 aliphatic rings. The smallest absolute Gasteiger partial charge is 0.227 e. The molecule has 0 atom stereocenters. The number of nitriles is 2. The maximum Gasteiger partial charge on any atom is 0.227 e. The van der Waals surface area contributed by atoms with Crippen LogP contribution in [-0.4, -0.2) is 12.5 Å². The van der Waals surface area contributed by atoms with Gasteiger partial charge in [-0.05, 0) is 37.1 Å². The molecule has 0 bridgehead atoms. The third-order valence-corrected chi connectivity index (χ3v) is 3.19. The van der Waals surface area contributed by atoms with Crippen molar-refractivity contribution in [3.8, 4) is 12.1 Å². The molecule has 0 radical (unpaired) electrons. The molecule has 1 heterocycles. The molecular weight excluding hydrogens is 252 g/mol. The van der Waals surface area contributed by atoms with Crippen LogP contribution in [0.1, 0.15) is 18.4 Å². The van der Waals surface area contributed by atoms with Crippen molar-refractivity contribution in [3.05, 3.63) is 35.5 Å². The standard InChI is InChI=1S/C15H14N4O/c1-11-7-13(18-10-12(8-16)9-17)4-5-14(11)19-6-2-3-15(19)20/h4-5,7,10,18H,2-3,6H2,1H3. The summed E-state index contributed by atoms with van der Waals surface area (Å²) in [6, 6.07) is 9.17. The van der Waals surface area contributed by atoms with Crippen LogP contribution in [0, 0.1) is 29.6 Å². The Morgan fingerprint density at radius 3 is 2.70 bits per heavy atom. The second-order valence-corrected chi connectivity index (χ2v) is 4.58. The average Bonchev–Trinajstić information content (AvgIpc) is 2.86. The van der Waals surface area contributed by atoms with Crippen molar-refractivity contribution in [2.24, 2.45) is 0 Å². The highest BCUT2D eigenvalue weighted by Gasteiger charge is 2.22. The fourth-order valence-corrected chi connectivity index (χ4v) is 2.20. The lowest BCUT2D eigenvalue weighted by Crippen LogP contribution is -2.24. The topological polar surface area (TPSA) is 79.9 Å². The molecule has 2 rings (SSSR count). The Hall–Kier alpha value is -2.79. The van der Waals surface area contributed by atoms with Gasteiger partial charge < -0.3 is 10.2 Å². The van der Waals surface area contributed by atoms with Crippen molar-refractivity contribution in [3.63, 3.8) is 0 Å². The van der Waals surface area contributed by atoms with Crippen LogP contribution in [0.5, 0.6) is 0 Å². The van der Waals surface area contributed by atoms with E-state index in [-0.39, 0.29) is 11.5 Å². The molecule has 1 aromatic carbocycles. The highest BCUT2D eigenvalue weighted by Crippen LogP contribution is 2.27. The number of amides is 1. The Morgan fingerprint density at radius 1 is 1.40 bits per heavy atom. The number of carbonyl (C=O) groups is 1. The summed E-state index contributed by atoms with van der Waals surface area (Å²) in [7, 11) is 0. The number of allylic oxidation sites excluding steroid dienone is 1. The number of aryl methyl sites for hydroxylation is 1. The van der Waals surface area contributed by atoms with Gasteiger partial charge in [0, 0.05) is 30.5 Å². The van der Waals surface area contributed by atoms with Gasteiger partial charge in [0.05, 0.1) is 0 Å². The van der Waals surface area contributed by atoms with Crippen LogP contribution in [-0.2, 0) is 4.79 Å². The van der Waals surface area contributed by atoms with Crippen LogP contribution in [0.3, 0.4) is 0 Å². The summed E-state index contributed by atoms with van der Waals surface area (Å²) in [5, 5.41) is 20.2. The fourth-order valence-electron chi connectivity index (χ4n) is 2.20. The zero-order valence-electron chi connectivity index (χ0n) is 11.2. The molecule has 5 heteroatoms. The third kappa shape index (κ3) is 2.78. The zero-order chi connectivity index (χ0) is 14.5. The first-order valence-corrected chi connectivity index (χ1v) is 6.33. The summed E-state index contributed by atoms with van der Waals surface area (Å²) >= 11 is 0. The Labute approximate surface area is 117 Å². The summed E-state index contributed by atoms with van der Waals surface area (Å²) in [5.74, 6) is 0.157. The molecule has 20 heavy (non-hydrogen) atoms. The van der Waals surface area contributed by atoms with Gasteiger partial charge in [0.25, 0.3) is 0 Å². The van der Waals surface area contributed by atoms with Crippen LogP contribution in [0.4, 0.5) is 11.4 Å². The number of nitrogens with zero attached hydrogens (tertiary/aromatic N) is 3. The summed E-state index contributed by atoms with van der Waals surface area (Å²) in [5.41, 5.74) is 2.69. The largest absolute Gasteiger partial charge is 0.360 e. The average molecular weight is 266 g/mol. The minimum Gasteiger partial charge on any atom is -0.360 e. The predicted molar refractivity (Wildman–Crippen MR) is 75.7 cm³/mol. The number of carbonyl (C=O) groups excluding carboxylic acids is 1. The highest BCUT2D eigenvalue weighted by molar-refractivity contribution is 5.96. The van der Waals surface area contributed by atoms with E-state index in [4.69, 9.17) is 10.5 Å². The fraction of sp³-hybridized carbons (Fsp3) is 0.267. The molecule has 0 spiro atoms. The summed E-state index contributed by atoms with van der Waals surface area (Å²) < 4.78 is 0. The van der Waals surface area contributed by atoms with E-state index in [9.17, 15) is 4.79 Å². The van der Waals surface area contributed by atoms with Crippen molar-refractivity contribution in [2.75, 3.05) is 16.8 Å². The highest BCUT2D eigenvalue weighted by atomic mass is 16.2. The molecule has 1 amide bonds.